The molecular weight excluding hydrogens is 534 g/mol. The fourth-order valence-corrected chi connectivity index (χ4v) is 5.13. The van der Waals surface area contributed by atoms with Crippen LogP contribution < -0.4 is 5.32 Å². The molecule has 0 saturated heterocycles. The smallest absolute Gasteiger partial charge is 0.326 e. The number of aromatic amines is 2. The maximum Gasteiger partial charge on any atom is 0.326 e. The van der Waals surface area contributed by atoms with Crippen LogP contribution in [0, 0.1) is 13.8 Å². The average molecular weight is 566 g/mol. The van der Waals surface area contributed by atoms with Gasteiger partial charge in [0.2, 0.25) is 11.7 Å². The van der Waals surface area contributed by atoms with Gasteiger partial charge < -0.3 is 20.3 Å². The number of carboxylic acids is 1. The summed E-state index contributed by atoms with van der Waals surface area (Å²) < 4.78 is 0. The topological polar surface area (TPSA) is 157 Å². The van der Waals surface area contributed by atoms with E-state index in [1.54, 1.807) is 37.5 Å². The van der Waals surface area contributed by atoms with Crippen LogP contribution in [0.15, 0.2) is 72.9 Å². The van der Waals surface area contributed by atoms with Crippen LogP contribution in [0.5, 0.6) is 0 Å². The van der Waals surface area contributed by atoms with Gasteiger partial charge in [-0.05, 0) is 48.4 Å². The third-order valence-corrected chi connectivity index (χ3v) is 7.26. The lowest BCUT2D eigenvalue weighted by atomic mass is 9.99. The van der Waals surface area contributed by atoms with Gasteiger partial charge in [0.05, 0.1) is 0 Å². The highest BCUT2D eigenvalue weighted by atomic mass is 16.4. The fraction of sp³-hybridized carbons (Fsp3) is 0.226. The van der Waals surface area contributed by atoms with Crippen LogP contribution in [-0.2, 0) is 22.4 Å². The van der Waals surface area contributed by atoms with Crippen LogP contribution in [0.25, 0.3) is 22.3 Å². The van der Waals surface area contributed by atoms with E-state index >= 15 is 0 Å². The highest BCUT2D eigenvalue weighted by Crippen LogP contribution is 2.21. The Labute approximate surface area is 242 Å². The summed E-state index contributed by atoms with van der Waals surface area (Å²) in [4.78, 5) is 44.2. The third kappa shape index (κ3) is 6.20. The van der Waals surface area contributed by atoms with E-state index in [4.69, 9.17) is 0 Å². The number of likely N-dealkylation sites (N-methyl/N-ethyl adjacent to an activating group) is 1. The number of amides is 2. The van der Waals surface area contributed by atoms with E-state index in [2.05, 4.69) is 30.9 Å². The van der Waals surface area contributed by atoms with Crippen LogP contribution in [0.3, 0.4) is 0 Å². The number of aliphatic carboxylic acids is 1. The normalized spacial score (nSPS) is 12.5. The molecule has 0 spiro atoms. The number of aromatic nitrogens is 5. The van der Waals surface area contributed by atoms with Gasteiger partial charge in [-0.1, -0.05) is 59.7 Å². The number of nitrogens with one attached hydrogen (secondary N) is 3. The summed E-state index contributed by atoms with van der Waals surface area (Å²) in [5.41, 5.74) is 5.46. The maximum atomic E-state index is 13.8. The average Bonchev–Trinajstić information content (AvgIpc) is 3.65. The van der Waals surface area contributed by atoms with Crippen molar-refractivity contribution in [3.63, 3.8) is 0 Å². The number of carbonyl (C=O) groups is 3. The molecule has 0 radical (unpaired) electrons. The summed E-state index contributed by atoms with van der Waals surface area (Å²) in [7, 11) is 1.56. The van der Waals surface area contributed by atoms with E-state index in [9.17, 15) is 19.5 Å². The number of hydrogen-bond acceptors (Lipinski definition) is 6. The molecule has 0 aliphatic carbocycles. The molecule has 2 heterocycles. The number of nitrogens with zero attached hydrogens (tertiary/aromatic N) is 4. The number of rotatable bonds is 10. The highest BCUT2D eigenvalue weighted by molar-refractivity contribution is 5.98. The van der Waals surface area contributed by atoms with Crippen molar-refractivity contribution in [3.8, 4) is 11.4 Å². The minimum absolute atomic E-state index is 0.0753. The second kappa shape index (κ2) is 12.0. The molecule has 2 amide bonds. The third-order valence-electron chi connectivity index (χ3n) is 7.26. The number of benzene rings is 3. The molecule has 3 aromatic carbocycles. The molecule has 0 aliphatic heterocycles. The summed E-state index contributed by atoms with van der Waals surface area (Å²) in [6.07, 6.45) is 1.99. The number of tetrazole rings is 1. The standard InChI is InChI=1S/C31H31N7O4/c1-18-12-19(2)14-22(13-18)30(40)38(3)27(15-20-8-10-21(11-9-20)28-34-36-37-35-28)29(39)33-26(31(41)42)16-23-17-32-25-7-5-4-6-24(23)25/h4-14,17,26-27,32H,15-16H2,1-3H3,(H,33,39)(H,41,42)(H,34,35,36,37)/t26-,27+/m0/s1. The molecule has 2 aromatic heterocycles. The molecule has 0 aliphatic rings. The van der Waals surface area contributed by atoms with Gasteiger partial charge in [-0.25, -0.2) is 4.79 Å². The van der Waals surface area contributed by atoms with Crippen molar-refractivity contribution in [3.05, 3.63) is 101 Å². The van der Waals surface area contributed by atoms with Crippen LogP contribution >= 0.6 is 0 Å². The molecule has 5 aromatic rings. The van der Waals surface area contributed by atoms with Crippen LogP contribution in [0.4, 0.5) is 0 Å². The molecule has 0 saturated carbocycles. The van der Waals surface area contributed by atoms with Crippen molar-refractivity contribution in [2.24, 2.45) is 0 Å². The first kappa shape index (κ1) is 28.2. The minimum Gasteiger partial charge on any atom is -0.480 e. The number of para-hydroxylation sites is 1. The summed E-state index contributed by atoms with van der Waals surface area (Å²) in [6, 6.07) is 18.1. The Bertz CT molecular complexity index is 1710. The lowest BCUT2D eigenvalue weighted by molar-refractivity contribution is -0.142. The van der Waals surface area contributed by atoms with Crippen LogP contribution in [-0.4, -0.2) is 72.5 Å². The predicted molar refractivity (Wildman–Crippen MR) is 157 cm³/mol. The van der Waals surface area contributed by atoms with Crippen molar-refractivity contribution in [2.75, 3.05) is 7.05 Å². The number of carboxylic acid groups (broad SMARTS) is 1. The Kier molecular flexibility index (Phi) is 8.09. The molecular formula is C31H31N7O4. The summed E-state index contributed by atoms with van der Waals surface area (Å²) in [5, 5.41) is 27.6. The van der Waals surface area contributed by atoms with Gasteiger partial charge in [0.25, 0.3) is 5.91 Å². The first-order valence-corrected chi connectivity index (χ1v) is 13.5. The second-order valence-corrected chi connectivity index (χ2v) is 10.4. The second-order valence-electron chi connectivity index (χ2n) is 10.4. The van der Waals surface area contributed by atoms with Crippen LogP contribution in [0.2, 0.25) is 0 Å². The molecule has 11 heteroatoms. The van der Waals surface area contributed by atoms with Crippen molar-refractivity contribution in [1.29, 1.82) is 0 Å². The SMILES string of the molecule is Cc1cc(C)cc(C(=O)N(C)[C@H](Cc2ccc(-c3nn[nH]n3)cc2)C(=O)N[C@@H](Cc2c[nH]c3ccccc23)C(=O)O)c1. The molecule has 0 fully saturated rings. The van der Waals surface area contributed by atoms with Crippen LogP contribution in [0.1, 0.15) is 32.6 Å². The monoisotopic (exact) mass is 565 g/mol. The van der Waals surface area contributed by atoms with Gasteiger partial charge in [-0.2, -0.15) is 5.21 Å². The first-order chi connectivity index (χ1) is 20.2. The molecule has 214 valence electrons. The highest BCUT2D eigenvalue weighted by Gasteiger charge is 2.32. The Morgan fingerprint density at radius 3 is 2.36 bits per heavy atom. The van der Waals surface area contributed by atoms with Gasteiger partial charge in [-0.3, -0.25) is 9.59 Å². The quantitative estimate of drug-likeness (QED) is 0.202. The van der Waals surface area contributed by atoms with Gasteiger partial charge >= 0.3 is 5.97 Å². The molecule has 0 unspecified atom stereocenters. The number of H-pyrrole nitrogens is 2. The van der Waals surface area contributed by atoms with E-state index in [0.717, 1.165) is 38.7 Å². The number of carbonyl (C=O) groups excluding carboxylic acids is 2. The van der Waals surface area contributed by atoms with Crippen molar-refractivity contribution in [1.82, 2.24) is 35.8 Å². The van der Waals surface area contributed by atoms with E-state index in [0.29, 0.717) is 11.4 Å². The van der Waals surface area contributed by atoms with Crippen molar-refractivity contribution in [2.45, 2.75) is 38.8 Å². The summed E-state index contributed by atoms with van der Waals surface area (Å²) in [5.74, 6) is -1.64. The Hall–Kier alpha value is -5.32. The van der Waals surface area contributed by atoms with Gasteiger partial charge in [0, 0.05) is 48.1 Å². The van der Waals surface area contributed by atoms with Gasteiger partial charge in [0.15, 0.2) is 0 Å². The lowest BCUT2D eigenvalue weighted by Gasteiger charge is -2.29. The zero-order chi connectivity index (χ0) is 29.8. The summed E-state index contributed by atoms with van der Waals surface area (Å²) >= 11 is 0. The number of fused-ring (bicyclic) bond motifs is 1. The van der Waals surface area contributed by atoms with E-state index in [1.807, 2.05) is 56.3 Å². The molecule has 2 atom stereocenters. The first-order valence-electron chi connectivity index (χ1n) is 13.5. The number of aryl methyl sites for hydroxylation is 2. The predicted octanol–water partition coefficient (Wildman–Crippen LogP) is 3.46. The molecule has 0 bridgehead atoms. The van der Waals surface area contributed by atoms with Gasteiger partial charge in [-0.15, -0.1) is 10.2 Å². The van der Waals surface area contributed by atoms with Crippen molar-refractivity contribution < 1.29 is 19.5 Å². The zero-order valence-corrected chi connectivity index (χ0v) is 23.5. The van der Waals surface area contributed by atoms with E-state index < -0.39 is 24.0 Å². The summed E-state index contributed by atoms with van der Waals surface area (Å²) in [6.45, 7) is 3.81. The van der Waals surface area contributed by atoms with E-state index in [-0.39, 0.29) is 18.7 Å². The largest absolute Gasteiger partial charge is 0.480 e. The van der Waals surface area contributed by atoms with E-state index in [1.165, 1.54) is 4.90 Å². The molecule has 42 heavy (non-hydrogen) atoms. The maximum absolute atomic E-state index is 13.8. The van der Waals surface area contributed by atoms with Gasteiger partial charge in [0.1, 0.15) is 12.1 Å². The minimum atomic E-state index is -1.20. The molecule has 11 nitrogen and oxygen atoms in total. The van der Waals surface area contributed by atoms with Crippen molar-refractivity contribution >= 4 is 28.7 Å². The zero-order valence-electron chi connectivity index (χ0n) is 23.5. The Morgan fingerprint density at radius 1 is 0.976 bits per heavy atom. The lowest BCUT2D eigenvalue weighted by Crippen LogP contribution is -2.53. The Balaban J connectivity index is 1.42. The molecule has 4 N–H and O–H groups in total. The molecule has 5 rings (SSSR count). The fourth-order valence-electron chi connectivity index (χ4n) is 5.13. The number of hydrogen-bond donors (Lipinski definition) is 4. The Morgan fingerprint density at radius 2 is 1.69 bits per heavy atom.